The van der Waals surface area contributed by atoms with Gasteiger partial charge in [0.15, 0.2) is 0 Å². The minimum Gasteiger partial charge on any atom is -0.444 e. The lowest BCUT2D eigenvalue weighted by molar-refractivity contribution is -0.0465. The first-order valence-corrected chi connectivity index (χ1v) is 12.5. The fourth-order valence-corrected chi connectivity index (χ4v) is 7.74. The molecule has 0 saturated heterocycles. The average molecular weight is 426 g/mol. The lowest BCUT2D eigenvalue weighted by Gasteiger charge is -2.58. The van der Waals surface area contributed by atoms with Crippen LogP contribution in [0.2, 0.25) is 0 Å². The summed E-state index contributed by atoms with van der Waals surface area (Å²) in [6.45, 7) is 8.52. The van der Waals surface area contributed by atoms with E-state index in [1.807, 2.05) is 0 Å². The highest BCUT2D eigenvalue weighted by Crippen LogP contribution is 2.66. The van der Waals surface area contributed by atoms with Gasteiger partial charge in [-0.05, 0) is 91.9 Å². The molecule has 5 nitrogen and oxygen atoms in total. The van der Waals surface area contributed by atoms with E-state index in [0.717, 1.165) is 41.6 Å². The Morgan fingerprint density at radius 3 is 2.84 bits per heavy atom. The maximum absolute atomic E-state index is 5.65. The van der Waals surface area contributed by atoms with Crippen LogP contribution in [0.25, 0.3) is 0 Å². The molecule has 0 bridgehead atoms. The third-order valence-corrected chi connectivity index (χ3v) is 9.85. The number of nitrogens with two attached hydrogens (primary N) is 1. The number of oxazole rings is 1. The van der Waals surface area contributed by atoms with Crippen molar-refractivity contribution in [2.45, 2.75) is 85.1 Å². The van der Waals surface area contributed by atoms with Crippen molar-refractivity contribution in [3.05, 3.63) is 29.5 Å². The van der Waals surface area contributed by atoms with Crippen molar-refractivity contribution in [2.75, 3.05) is 6.61 Å². The molecule has 0 aromatic carbocycles. The number of aromatic nitrogens is 1. The molecule has 4 aliphatic rings. The number of fused-ring (bicyclic) bond motifs is 5. The summed E-state index contributed by atoms with van der Waals surface area (Å²) in [5.74, 6) is 5.03. The molecule has 0 radical (unpaired) electrons. The number of rotatable bonds is 5. The van der Waals surface area contributed by atoms with Crippen molar-refractivity contribution in [2.24, 2.45) is 45.4 Å². The Kier molecular flexibility index (Phi) is 5.52. The van der Waals surface area contributed by atoms with E-state index in [-0.39, 0.29) is 0 Å². The zero-order chi connectivity index (χ0) is 21.6. The van der Waals surface area contributed by atoms with Crippen LogP contribution in [-0.4, -0.2) is 17.3 Å². The van der Waals surface area contributed by atoms with Gasteiger partial charge in [0.2, 0.25) is 5.89 Å². The molecule has 170 valence electrons. The van der Waals surface area contributed by atoms with Crippen molar-refractivity contribution >= 4 is 5.71 Å². The summed E-state index contributed by atoms with van der Waals surface area (Å²) in [5, 5.41) is 4.48. The molecule has 3 fully saturated rings. The fraction of sp³-hybridized carbons (Fsp3) is 0.769. The van der Waals surface area contributed by atoms with E-state index >= 15 is 0 Å². The summed E-state index contributed by atoms with van der Waals surface area (Å²) in [7, 11) is 0. The number of nitrogens with zero attached hydrogens (tertiary/aromatic N) is 2. The van der Waals surface area contributed by atoms with Crippen molar-refractivity contribution in [1.82, 2.24) is 4.98 Å². The lowest BCUT2D eigenvalue weighted by Crippen LogP contribution is -2.50. The van der Waals surface area contributed by atoms with Gasteiger partial charge in [0, 0.05) is 6.42 Å². The van der Waals surface area contributed by atoms with Crippen LogP contribution in [0.4, 0.5) is 0 Å². The first-order valence-electron chi connectivity index (χ1n) is 12.5. The normalized spacial score (nSPS) is 40.8. The number of allylic oxidation sites excluding steroid dienone is 2. The topological polar surface area (TPSA) is 73.6 Å². The van der Waals surface area contributed by atoms with E-state index < -0.39 is 0 Å². The molecule has 6 atom stereocenters. The van der Waals surface area contributed by atoms with Gasteiger partial charge in [-0.2, -0.15) is 0 Å². The Morgan fingerprint density at radius 1 is 1.16 bits per heavy atom. The maximum atomic E-state index is 5.65. The standard InChI is InChI=1S/C26H39N3O2/c1-17-4-7-22-21-6-5-18-14-19(29-30-13-10-20-16-28-24(15-27)31-20)8-11-26(18,3)23(21)9-12-25(17,22)2/h14,16-17,21-23H,4-13,15,27H2,1-3H3/t17-,21?,22?,23?,25+,26-/m0/s1. The monoisotopic (exact) mass is 425 g/mol. The lowest BCUT2D eigenvalue weighted by atomic mass is 9.47. The highest BCUT2D eigenvalue weighted by molar-refractivity contribution is 5.96. The first-order chi connectivity index (χ1) is 14.9. The van der Waals surface area contributed by atoms with Gasteiger partial charge in [0.1, 0.15) is 12.4 Å². The second kappa shape index (κ2) is 8.06. The van der Waals surface area contributed by atoms with E-state index in [2.05, 4.69) is 37.0 Å². The Bertz CT molecular complexity index is 874. The van der Waals surface area contributed by atoms with Gasteiger partial charge in [-0.1, -0.05) is 31.5 Å². The molecule has 2 N–H and O–H groups in total. The zero-order valence-electron chi connectivity index (χ0n) is 19.5. The Labute approximate surface area is 186 Å². The Hall–Kier alpha value is -1.62. The number of hydrogen-bond donors (Lipinski definition) is 1. The van der Waals surface area contributed by atoms with E-state index in [1.165, 1.54) is 44.9 Å². The second-order valence-electron chi connectivity index (χ2n) is 11.1. The number of hydrogen-bond acceptors (Lipinski definition) is 5. The molecule has 0 aliphatic heterocycles. The molecule has 1 heterocycles. The molecule has 3 saturated carbocycles. The van der Waals surface area contributed by atoms with Crippen LogP contribution < -0.4 is 5.73 Å². The fourth-order valence-electron chi connectivity index (χ4n) is 7.74. The molecule has 3 unspecified atom stereocenters. The van der Waals surface area contributed by atoms with Gasteiger partial charge in [-0.15, -0.1) is 0 Å². The van der Waals surface area contributed by atoms with Gasteiger partial charge in [-0.3, -0.25) is 0 Å². The third-order valence-electron chi connectivity index (χ3n) is 9.85. The van der Waals surface area contributed by atoms with Crippen molar-refractivity contribution in [3.63, 3.8) is 0 Å². The summed E-state index contributed by atoms with van der Waals surface area (Å²) in [6.07, 6.45) is 15.4. The van der Waals surface area contributed by atoms with E-state index in [0.29, 0.717) is 36.3 Å². The predicted molar refractivity (Wildman–Crippen MR) is 122 cm³/mol. The van der Waals surface area contributed by atoms with Gasteiger partial charge >= 0.3 is 0 Å². The quantitative estimate of drug-likeness (QED) is 0.489. The van der Waals surface area contributed by atoms with Crippen molar-refractivity contribution < 1.29 is 9.25 Å². The van der Waals surface area contributed by atoms with Gasteiger partial charge in [0.25, 0.3) is 0 Å². The molecular weight excluding hydrogens is 386 g/mol. The summed E-state index contributed by atoms with van der Waals surface area (Å²) < 4.78 is 5.53. The first kappa shape index (κ1) is 21.2. The van der Waals surface area contributed by atoms with Crippen LogP contribution in [0.5, 0.6) is 0 Å². The van der Waals surface area contributed by atoms with Gasteiger partial charge in [0.05, 0.1) is 18.5 Å². The summed E-state index contributed by atoms with van der Waals surface area (Å²) in [6, 6.07) is 0. The van der Waals surface area contributed by atoms with Crippen molar-refractivity contribution in [1.29, 1.82) is 0 Å². The van der Waals surface area contributed by atoms with E-state index in [9.17, 15) is 0 Å². The molecule has 5 rings (SSSR count). The average Bonchev–Trinajstić information content (AvgIpc) is 3.35. The van der Waals surface area contributed by atoms with E-state index in [4.69, 9.17) is 15.0 Å². The second-order valence-corrected chi connectivity index (χ2v) is 11.1. The van der Waals surface area contributed by atoms with Crippen LogP contribution in [0.3, 0.4) is 0 Å². The largest absolute Gasteiger partial charge is 0.444 e. The van der Waals surface area contributed by atoms with Crippen LogP contribution in [0, 0.1) is 34.5 Å². The molecule has 5 heteroatoms. The molecule has 0 amide bonds. The molecule has 31 heavy (non-hydrogen) atoms. The Morgan fingerprint density at radius 2 is 2.03 bits per heavy atom. The molecule has 0 spiro atoms. The maximum Gasteiger partial charge on any atom is 0.208 e. The van der Waals surface area contributed by atoms with Crippen LogP contribution in [0.1, 0.15) is 83.8 Å². The van der Waals surface area contributed by atoms with Crippen LogP contribution >= 0.6 is 0 Å². The van der Waals surface area contributed by atoms with Crippen LogP contribution in [-0.2, 0) is 17.8 Å². The van der Waals surface area contributed by atoms with Crippen LogP contribution in [0.15, 0.2) is 27.4 Å². The summed E-state index contributed by atoms with van der Waals surface area (Å²) >= 11 is 0. The third kappa shape index (κ3) is 3.57. The molecule has 1 aromatic rings. The SMILES string of the molecule is C[C@H]1CCC2C3CCC4=CC(=NOCCc5cnc(CN)o5)CC[C@]4(C)C3CC[C@@]21C. The van der Waals surface area contributed by atoms with Gasteiger partial charge < -0.3 is 15.0 Å². The summed E-state index contributed by atoms with van der Waals surface area (Å²) in [4.78, 5) is 9.77. The summed E-state index contributed by atoms with van der Waals surface area (Å²) in [5.41, 5.74) is 9.26. The zero-order valence-corrected chi connectivity index (χ0v) is 19.5. The number of oxime groups is 1. The molecular formula is C26H39N3O2. The van der Waals surface area contributed by atoms with E-state index in [1.54, 1.807) is 11.8 Å². The smallest absolute Gasteiger partial charge is 0.208 e. The predicted octanol–water partition coefficient (Wildman–Crippen LogP) is 5.65. The minimum atomic E-state index is 0.330. The van der Waals surface area contributed by atoms with Gasteiger partial charge in [-0.25, -0.2) is 4.98 Å². The highest BCUT2D eigenvalue weighted by atomic mass is 16.6. The molecule has 4 aliphatic carbocycles. The molecule has 1 aromatic heterocycles. The highest BCUT2D eigenvalue weighted by Gasteiger charge is 2.57. The Balaban J connectivity index is 1.24. The van der Waals surface area contributed by atoms with Crippen molar-refractivity contribution in [3.8, 4) is 0 Å². The minimum absolute atomic E-state index is 0.330.